The molecule has 2 aliphatic rings. The van der Waals surface area contributed by atoms with Crippen LogP contribution in [-0.4, -0.2) is 80.8 Å². The summed E-state index contributed by atoms with van der Waals surface area (Å²) in [5, 5.41) is 6.87. The van der Waals surface area contributed by atoms with E-state index in [1.54, 1.807) is 19.0 Å². The average molecular weight is 389 g/mol. The molecule has 3 rings (SSSR count). The molecule has 2 aliphatic heterocycles. The van der Waals surface area contributed by atoms with Gasteiger partial charge in [0.15, 0.2) is 5.96 Å². The van der Waals surface area contributed by atoms with E-state index in [2.05, 4.69) is 25.5 Å². The Balaban J connectivity index is 1.56. The molecule has 0 aliphatic carbocycles. The predicted octanol–water partition coefficient (Wildman–Crippen LogP) is 0.853. The molecule has 2 N–H and O–H groups in total. The number of likely N-dealkylation sites (N-methyl/N-ethyl adjacent to an activating group) is 1. The first-order chi connectivity index (χ1) is 13.6. The smallest absolute Gasteiger partial charge is 0.243 e. The molecule has 28 heavy (non-hydrogen) atoms. The number of nitrogens with zero attached hydrogens (tertiary/aromatic N) is 4. The van der Waals surface area contributed by atoms with E-state index < -0.39 is 0 Å². The monoisotopic (exact) mass is 388 g/mol. The minimum Gasteiger partial charge on any atom is -0.376 e. The Morgan fingerprint density at radius 3 is 2.96 bits per heavy atom. The van der Waals surface area contributed by atoms with Crippen LogP contribution in [0.5, 0.6) is 0 Å². The lowest BCUT2D eigenvalue weighted by atomic mass is 10.1. The first-order valence-corrected chi connectivity index (χ1v) is 10.1. The zero-order valence-electron chi connectivity index (χ0n) is 16.9. The van der Waals surface area contributed by atoms with Crippen LogP contribution in [0.3, 0.4) is 0 Å². The second-order valence-corrected chi connectivity index (χ2v) is 7.59. The normalized spacial score (nSPS) is 22.8. The zero-order valence-corrected chi connectivity index (χ0v) is 16.9. The Morgan fingerprint density at radius 1 is 1.36 bits per heavy atom. The Bertz CT molecular complexity index is 645. The Labute approximate surface area is 167 Å². The summed E-state index contributed by atoms with van der Waals surface area (Å²) >= 11 is 0. The minimum absolute atomic E-state index is 0.0171. The molecule has 1 aromatic heterocycles. The third kappa shape index (κ3) is 6.09. The van der Waals surface area contributed by atoms with Crippen LogP contribution in [0.4, 0.5) is 5.82 Å². The van der Waals surface area contributed by atoms with Gasteiger partial charge in [-0.05, 0) is 37.8 Å². The van der Waals surface area contributed by atoms with E-state index in [0.717, 1.165) is 44.8 Å². The molecule has 2 fully saturated rings. The lowest BCUT2D eigenvalue weighted by Gasteiger charge is -2.25. The van der Waals surface area contributed by atoms with Gasteiger partial charge >= 0.3 is 0 Å². The van der Waals surface area contributed by atoms with Crippen LogP contribution in [0, 0.1) is 0 Å². The van der Waals surface area contributed by atoms with Gasteiger partial charge in [-0.2, -0.15) is 0 Å². The highest BCUT2D eigenvalue weighted by molar-refractivity contribution is 5.85. The van der Waals surface area contributed by atoms with Gasteiger partial charge in [0.1, 0.15) is 12.4 Å². The van der Waals surface area contributed by atoms with Crippen LogP contribution in [0.25, 0.3) is 0 Å². The molecular weight excluding hydrogens is 356 g/mol. The van der Waals surface area contributed by atoms with Crippen molar-refractivity contribution in [3.05, 3.63) is 24.4 Å². The molecular formula is C20H32N6O2. The molecule has 0 radical (unpaired) electrons. The molecule has 2 saturated heterocycles. The molecule has 2 unspecified atom stereocenters. The number of pyridine rings is 1. The highest BCUT2D eigenvalue weighted by Gasteiger charge is 2.24. The second kappa shape index (κ2) is 10.3. The molecule has 0 aromatic carbocycles. The average Bonchev–Trinajstić information content (AvgIpc) is 3.19. The van der Waals surface area contributed by atoms with Gasteiger partial charge in [-0.3, -0.25) is 4.79 Å². The molecule has 154 valence electrons. The van der Waals surface area contributed by atoms with E-state index in [4.69, 9.17) is 4.74 Å². The zero-order chi connectivity index (χ0) is 19.8. The van der Waals surface area contributed by atoms with Crippen LogP contribution in [0.15, 0.2) is 29.4 Å². The maximum absolute atomic E-state index is 11.9. The number of anilines is 1. The number of hydrogen-bond donors (Lipinski definition) is 2. The minimum atomic E-state index is -0.0171. The summed E-state index contributed by atoms with van der Waals surface area (Å²) in [6, 6.07) is 6.23. The molecule has 2 atom stereocenters. The van der Waals surface area contributed by atoms with Crippen molar-refractivity contribution in [1.82, 2.24) is 20.5 Å². The Morgan fingerprint density at radius 2 is 2.25 bits per heavy atom. The molecule has 1 amide bonds. The van der Waals surface area contributed by atoms with Crippen molar-refractivity contribution >= 4 is 17.7 Å². The quantitative estimate of drug-likeness (QED) is 0.556. The largest absolute Gasteiger partial charge is 0.376 e. The van der Waals surface area contributed by atoms with Gasteiger partial charge in [-0.1, -0.05) is 6.07 Å². The van der Waals surface area contributed by atoms with Gasteiger partial charge in [0, 0.05) is 52.6 Å². The number of hydrogen-bond acceptors (Lipinski definition) is 5. The van der Waals surface area contributed by atoms with E-state index in [-0.39, 0.29) is 24.6 Å². The number of amides is 1. The summed E-state index contributed by atoms with van der Waals surface area (Å²) < 4.78 is 5.80. The van der Waals surface area contributed by atoms with Crippen molar-refractivity contribution in [2.45, 2.75) is 37.8 Å². The van der Waals surface area contributed by atoms with E-state index >= 15 is 0 Å². The summed E-state index contributed by atoms with van der Waals surface area (Å²) in [5.74, 6) is 1.66. The predicted molar refractivity (Wildman–Crippen MR) is 111 cm³/mol. The van der Waals surface area contributed by atoms with Crippen LogP contribution in [-0.2, 0) is 9.53 Å². The molecule has 0 spiro atoms. The second-order valence-electron chi connectivity index (χ2n) is 7.59. The molecule has 3 heterocycles. The number of ether oxygens (including phenoxy) is 1. The number of nitrogens with one attached hydrogen (secondary N) is 2. The lowest BCUT2D eigenvalue weighted by molar-refractivity contribution is -0.127. The van der Waals surface area contributed by atoms with Gasteiger partial charge < -0.3 is 25.2 Å². The van der Waals surface area contributed by atoms with Crippen molar-refractivity contribution in [2.75, 3.05) is 51.8 Å². The maximum Gasteiger partial charge on any atom is 0.243 e. The number of rotatable bonds is 6. The van der Waals surface area contributed by atoms with E-state index in [0.29, 0.717) is 12.5 Å². The summed E-state index contributed by atoms with van der Waals surface area (Å²) in [6.45, 7) is 3.47. The van der Waals surface area contributed by atoms with Gasteiger partial charge in [0.05, 0.1) is 6.10 Å². The molecule has 8 heteroatoms. The number of carbonyl (C=O) groups excluding carboxylic acids is 1. The Kier molecular flexibility index (Phi) is 7.47. The third-order valence-electron chi connectivity index (χ3n) is 5.14. The van der Waals surface area contributed by atoms with Gasteiger partial charge in [-0.25, -0.2) is 9.98 Å². The highest BCUT2D eigenvalue weighted by Crippen LogP contribution is 2.17. The number of carbonyl (C=O) groups is 1. The fourth-order valence-electron chi connectivity index (χ4n) is 3.44. The molecule has 0 bridgehead atoms. The lowest BCUT2D eigenvalue weighted by Crippen LogP contribution is -2.47. The number of aromatic nitrogens is 1. The number of guanidine groups is 1. The van der Waals surface area contributed by atoms with E-state index in [1.807, 2.05) is 24.4 Å². The summed E-state index contributed by atoms with van der Waals surface area (Å²) in [5.41, 5.74) is 0. The van der Waals surface area contributed by atoms with Crippen LogP contribution >= 0.6 is 0 Å². The van der Waals surface area contributed by atoms with Crippen LogP contribution in [0.1, 0.15) is 25.7 Å². The van der Waals surface area contributed by atoms with Crippen molar-refractivity contribution in [3.8, 4) is 0 Å². The molecule has 8 nitrogen and oxygen atoms in total. The van der Waals surface area contributed by atoms with Gasteiger partial charge in [-0.15, -0.1) is 0 Å². The first kappa shape index (κ1) is 20.4. The fraction of sp³-hybridized carbons (Fsp3) is 0.650. The summed E-state index contributed by atoms with van der Waals surface area (Å²) in [6.07, 6.45) is 6.43. The SMILES string of the molecule is CN(C)C(=O)CN=C(NCC1CCCCO1)NC1CCN(c2ccccn2)C1. The van der Waals surface area contributed by atoms with Crippen LogP contribution in [0.2, 0.25) is 0 Å². The standard InChI is InChI=1S/C20H32N6O2/c1-25(2)19(27)14-23-20(22-13-17-7-4-6-12-28-17)24-16-9-11-26(15-16)18-8-3-5-10-21-18/h3,5,8,10,16-17H,4,6-7,9,11-15H2,1-2H3,(H2,22,23,24). The van der Waals surface area contributed by atoms with Crippen molar-refractivity contribution in [2.24, 2.45) is 4.99 Å². The summed E-state index contributed by atoms with van der Waals surface area (Å²) in [7, 11) is 3.49. The van der Waals surface area contributed by atoms with E-state index in [9.17, 15) is 4.79 Å². The molecule has 0 saturated carbocycles. The highest BCUT2D eigenvalue weighted by atomic mass is 16.5. The third-order valence-corrected chi connectivity index (χ3v) is 5.14. The number of aliphatic imine (C=N–C) groups is 1. The molecule has 1 aromatic rings. The van der Waals surface area contributed by atoms with Crippen molar-refractivity contribution in [1.29, 1.82) is 0 Å². The van der Waals surface area contributed by atoms with Gasteiger partial charge in [0.25, 0.3) is 0 Å². The van der Waals surface area contributed by atoms with E-state index in [1.165, 1.54) is 6.42 Å². The maximum atomic E-state index is 11.9. The Hall–Kier alpha value is -2.35. The topological polar surface area (TPSA) is 82.1 Å². The van der Waals surface area contributed by atoms with Gasteiger partial charge in [0.2, 0.25) is 5.91 Å². The van der Waals surface area contributed by atoms with Crippen molar-refractivity contribution in [3.63, 3.8) is 0 Å². The summed E-state index contributed by atoms with van der Waals surface area (Å²) in [4.78, 5) is 24.7. The van der Waals surface area contributed by atoms with Crippen LogP contribution < -0.4 is 15.5 Å². The fourth-order valence-corrected chi connectivity index (χ4v) is 3.44. The van der Waals surface area contributed by atoms with Crippen molar-refractivity contribution < 1.29 is 9.53 Å². The first-order valence-electron chi connectivity index (χ1n) is 10.1.